The van der Waals surface area contributed by atoms with Crippen LogP contribution in [0.5, 0.6) is 0 Å². The quantitative estimate of drug-likeness (QED) is 0.657. The van der Waals surface area contributed by atoms with E-state index in [1.165, 1.54) is 6.07 Å². The number of hydrogen-bond donors (Lipinski definition) is 0. The van der Waals surface area contributed by atoms with Crippen molar-refractivity contribution in [2.45, 2.75) is 19.9 Å². The maximum Gasteiger partial charge on any atom is 0.128 e. The number of alkyl halides is 1. The molecule has 108 valence electrons. The van der Waals surface area contributed by atoms with E-state index in [1.807, 2.05) is 25.1 Å². The van der Waals surface area contributed by atoms with Gasteiger partial charge in [0.2, 0.25) is 0 Å². The molecule has 1 aromatic heterocycles. The average Bonchev–Trinajstić information content (AvgIpc) is 2.79. The molecule has 0 amide bonds. The molecule has 1 heterocycles. The van der Waals surface area contributed by atoms with Gasteiger partial charge in [-0.05, 0) is 30.7 Å². The predicted octanol–water partition coefficient (Wildman–Crippen LogP) is 4.31. The Kier molecular flexibility index (Phi) is 3.93. The van der Waals surface area contributed by atoms with Gasteiger partial charge in [-0.1, -0.05) is 24.3 Å². The SMILES string of the molecule is Cc1ccc2nc(CCCl)n(Cc3ccccc3F)c2c1. The topological polar surface area (TPSA) is 17.8 Å². The van der Waals surface area contributed by atoms with Gasteiger partial charge in [-0.2, -0.15) is 0 Å². The van der Waals surface area contributed by atoms with Crippen LogP contribution in [0.1, 0.15) is 17.0 Å². The van der Waals surface area contributed by atoms with E-state index in [-0.39, 0.29) is 5.82 Å². The molecule has 0 unspecified atom stereocenters. The summed E-state index contributed by atoms with van der Waals surface area (Å²) in [7, 11) is 0. The summed E-state index contributed by atoms with van der Waals surface area (Å²) >= 11 is 5.87. The minimum absolute atomic E-state index is 0.191. The molecule has 2 nitrogen and oxygen atoms in total. The first kappa shape index (κ1) is 14.1. The molecule has 0 aliphatic rings. The first-order valence-corrected chi connectivity index (χ1v) is 7.47. The molecule has 0 spiro atoms. The zero-order chi connectivity index (χ0) is 14.8. The van der Waals surface area contributed by atoms with E-state index in [2.05, 4.69) is 15.6 Å². The summed E-state index contributed by atoms with van der Waals surface area (Å²) in [6, 6.07) is 13.0. The summed E-state index contributed by atoms with van der Waals surface area (Å²) in [5.74, 6) is 1.21. The highest BCUT2D eigenvalue weighted by Gasteiger charge is 2.12. The molecule has 3 aromatic rings. The molecular weight excluding hydrogens is 287 g/mol. The third-order valence-corrected chi connectivity index (χ3v) is 3.78. The van der Waals surface area contributed by atoms with Crippen molar-refractivity contribution in [2.24, 2.45) is 0 Å². The fraction of sp³-hybridized carbons (Fsp3) is 0.235. The lowest BCUT2D eigenvalue weighted by atomic mass is 10.2. The van der Waals surface area contributed by atoms with Crippen LogP contribution in [0.3, 0.4) is 0 Å². The highest BCUT2D eigenvalue weighted by Crippen LogP contribution is 2.21. The smallest absolute Gasteiger partial charge is 0.128 e. The summed E-state index contributed by atoms with van der Waals surface area (Å²) in [6.07, 6.45) is 0.670. The van der Waals surface area contributed by atoms with Gasteiger partial charge in [0.05, 0.1) is 17.6 Å². The van der Waals surface area contributed by atoms with Crippen LogP contribution in [0, 0.1) is 12.7 Å². The lowest BCUT2D eigenvalue weighted by Crippen LogP contribution is -2.07. The number of benzene rings is 2. The molecule has 0 radical (unpaired) electrons. The maximum absolute atomic E-state index is 13.9. The first-order valence-electron chi connectivity index (χ1n) is 6.94. The Morgan fingerprint density at radius 3 is 2.76 bits per heavy atom. The van der Waals surface area contributed by atoms with E-state index in [0.29, 0.717) is 24.4 Å². The van der Waals surface area contributed by atoms with Crippen LogP contribution in [0.25, 0.3) is 11.0 Å². The number of fused-ring (bicyclic) bond motifs is 1. The number of hydrogen-bond acceptors (Lipinski definition) is 1. The molecule has 0 bridgehead atoms. The van der Waals surface area contributed by atoms with Crippen LogP contribution in [-0.2, 0) is 13.0 Å². The molecule has 0 aliphatic heterocycles. The van der Waals surface area contributed by atoms with Crippen LogP contribution < -0.4 is 0 Å². The number of aromatic nitrogens is 2. The van der Waals surface area contributed by atoms with Crippen molar-refractivity contribution < 1.29 is 4.39 Å². The molecule has 0 saturated heterocycles. The Morgan fingerprint density at radius 1 is 1.19 bits per heavy atom. The van der Waals surface area contributed by atoms with Gasteiger partial charge < -0.3 is 4.57 Å². The van der Waals surface area contributed by atoms with Crippen LogP contribution in [0.2, 0.25) is 0 Å². The van der Waals surface area contributed by atoms with Crippen LogP contribution >= 0.6 is 11.6 Å². The molecular formula is C17H16ClFN2. The molecule has 0 fully saturated rings. The van der Waals surface area contributed by atoms with E-state index in [0.717, 1.165) is 22.4 Å². The molecule has 2 aromatic carbocycles. The molecule has 3 rings (SSSR count). The number of halogens is 2. The second-order valence-electron chi connectivity index (χ2n) is 5.14. The van der Waals surface area contributed by atoms with Crippen LogP contribution in [-0.4, -0.2) is 15.4 Å². The fourth-order valence-corrected chi connectivity index (χ4v) is 2.70. The zero-order valence-electron chi connectivity index (χ0n) is 11.8. The third-order valence-electron chi connectivity index (χ3n) is 3.59. The molecule has 0 aliphatic carbocycles. The molecule has 21 heavy (non-hydrogen) atoms. The summed E-state index contributed by atoms with van der Waals surface area (Å²) in [4.78, 5) is 4.63. The van der Waals surface area contributed by atoms with Crippen molar-refractivity contribution in [3.63, 3.8) is 0 Å². The third kappa shape index (κ3) is 2.79. The first-order chi connectivity index (χ1) is 10.2. The van der Waals surface area contributed by atoms with Gasteiger partial charge in [0.1, 0.15) is 11.6 Å². The largest absolute Gasteiger partial charge is 0.323 e. The highest BCUT2D eigenvalue weighted by molar-refractivity contribution is 6.17. The van der Waals surface area contributed by atoms with Crippen molar-refractivity contribution >= 4 is 22.6 Å². The van der Waals surface area contributed by atoms with Gasteiger partial charge >= 0.3 is 0 Å². The van der Waals surface area contributed by atoms with Gasteiger partial charge in [0.15, 0.2) is 0 Å². The number of nitrogens with zero attached hydrogens (tertiary/aromatic N) is 2. The van der Waals surface area contributed by atoms with E-state index < -0.39 is 0 Å². The fourth-order valence-electron chi connectivity index (χ4n) is 2.53. The number of aryl methyl sites for hydroxylation is 2. The van der Waals surface area contributed by atoms with Gasteiger partial charge in [0, 0.05) is 17.9 Å². The molecule has 0 saturated carbocycles. The summed E-state index contributed by atoms with van der Waals surface area (Å²) < 4.78 is 16.0. The standard InChI is InChI=1S/C17H16ClFN2/c1-12-6-7-15-16(10-12)21(17(20-15)8-9-18)11-13-4-2-3-5-14(13)19/h2-7,10H,8-9,11H2,1H3. The zero-order valence-corrected chi connectivity index (χ0v) is 12.6. The summed E-state index contributed by atoms with van der Waals surface area (Å²) in [5.41, 5.74) is 3.78. The maximum atomic E-state index is 13.9. The minimum Gasteiger partial charge on any atom is -0.323 e. The average molecular weight is 303 g/mol. The van der Waals surface area contributed by atoms with Crippen LogP contribution in [0.15, 0.2) is 42.5 Å². The molecule has 0 atom stereocenters. The number of imidazole rings is 1. The van der Waals surface area contributed by atoms with Crippen LogP contribution in [0.4, 0.5) is 4.39 Å². The minimum atomic E-state index is -0.191. The Labute approximate surface area is 128 Å². The second kappa shape index (κ2) is 5.86. The van der Waals surface area contributed by atoms with Crippen molar-refractivity contribution in [1.29, 1.82) is 0 Å². The Balaban J connectivity index is 2.12. The van der Waals surface area contributed by atoms with Crippen molar-refractivity contribution in [2.75, 3.05) is 5.88 Å². The summed E-state index contributed by atoms with van der Waals surface area (Å²) in [5, 5.41) is 0. The van der Waals surface area contributed by atoms with E-state index in [9.17, 15) is 4.39 Å². The predicted molar refractivity (Wildman–Crippen MR) is 84.4 cm³/mol. The summed E-state index contributed by atoms with van der Waals surface area (Å²) in [6.45, 7) is 2.51. The lowest BCUT2D eigenvalue weighted by molar-refractivity contribution is 0.598. The van der Waals surface area contributed by atoms with Gasteiger partial charge in [-0.25, -0.2) is 9.37 Å². The Hall–Kier alpha value is -1.87. The highest BCUT2D eigenvalue weighted by atomic mass is 35.5. The van der Waals surface area contributed by atoms with Gasteiger partial charge in [-0.15, -0.1) is 11.6 Å². The van der Waals surface area contributed by atoms with Crippen molar-refractivity contribution in [3.05, 3.63) is 65.2 Å². The lowest BCUT2D eigenvalue weighted by Gasteiger charge is -2.10. The number of rotatable bonds is 4. The van der Waals surface area contributed by atoms with E-state index >= 15 is 0 Å². The Bertz CT molecular complexity index is 780. The molecule has 0 N–H and O–H groups in total. The van der Waals surface area contributed by atoms with E-state index in [4.69, 9.17) is 11.6 Å². The molecule has 4 heteroatoms. The second-order valence-corrected chi connectivity index (χ2v) is 5.51. The Morgan fingerprint density at radius 2 is 2.00 bits per heavy atom. The normalized spacial score (nSPS) is 11.2. The monoisotopic (exact) mass is 302 g/mol. The van der Waals surface area contributed by atoms with Gasteiger partial charge in [-0.3, -0.25) is 0 Å². The van der Waals surface area contributed by atoms with E-state index in [1.54, 1.807) is 12.1 Å². The van der Waals surface area contributed by atoms with Crippen molar-refractivity contribution in [3.8, 4) is 0 Å². The van der Waals surface area contributed by atoms with Gasteiger partial charge in [0.25, 0.3) is 0 Å². The van der Waals surface area contributed by atoms with Crippen molar-refractivity contribution in [1.82, 2.24) is 9.55 Å².